The van der Waals surface area contributed by atoms with Gasteiger partial charge in [-0.25, -0.2) is 4.98 Å². The van der Waals surface area contributed by atoms with Gasteiger partial charge in [0.05, 0.1) is 13.2 Å². The van der Waals surface area contributed by atoms with E-state index in [1.807, 2.05) is 24.3 Å². The van der Waals surface area contributed by atoms with Crippen molar-refractivity contribution in [1.82, 2.24) is 9.97 Å². The highest BCUT2D eigenvalue weighted by Crippen LogP contribution is 2.22. The van der Waals surface area contributed by atoms with Crippen LogP contribution in [-0.2, 0) is 4.74 Å². The number of ether oxygens (including phenoxy) is 2. The summed E-state index contributed by atoms with van der Waals surface area (Å²) in [6, 6.07) is 9.12. The molecule has 0 bridgehead atoms. The highest BCUT2D eigenvalue weighted by atomic mass is 127. The Morgan fingerprint density at radius 2 is 2.14 bits per heavy atom. The zero-order valence-electron chi connectivity index (χ0n) is 11.0. The minimum atomic E-state index is -0.612. The quantitative estimate of drug-likeness (QED) is 0.793. The Morgan fingerprint density at radius 1 is 1.33 bits per heavy atom. The molecule has 2 heterocycles. The topological polar surface area (TPSA) is 87.3 Å². The summed E-state index contributed by atoms with van der Waals surface area (Å²) >= 11 is 2.20. The van der Waals surface area contributed by atoms with Crippen LogP contribution in [0.15, 0.2) is 30.3 Å². The van der Waals surface area contributed by atoms with Crippen LogP contribution in [0.2, 0.25) is 0 Å². The van der Waals surface area contributed by atoms with Crippen LogP contribution in [0.25, 0.3) is 11.4 Å². The van der Waals surface area contributed by atoms with Gasteiger partial charge in [0.1, 0.15) is 11.8 Å². The van der Waals surface area contributed by atoms with Crippen LogP contribution in [0.1, 0.15) is 10.5 Å². The number of carbonyl (C=O) groups is 1. The maximum Gasteiger partial charge on any atom is 0.267 e. The number of rotatable bonds is 4. The Balaban J connectivity index is 1.99. The largest absolute Gasteiger partial charge is 0.469 e. The van der Waals surface area contributed by atoms with E-state index in [0.717, 1.165) is 9.13 Å². The lowest BCUT2D eigenvalue weighted by molar-refractivity contribution is -0.0813. The number of nitrogens with two attached hydrogens (primary N) is 1. The first-order valence-corrected chi connectivity index (χ1v) is 7.39. The Hall–Kier alpha value is -1.74. The number of hydrogen-bond donors (Lipinski definition) is 1. The fourth-order valence-corrected chi connectivity index (χ4v) is 2.36. The Kier molecular flexibility index (Phi) is 4.02. The fraction of sp³-hybridized carbons (Fsp3) is 0.214. The van der Waals surface area contributed by atoms with E-state index in [9.17, 15) is 4.79 Å². The standard InChI is InChI=1S/C14H12IN3O3/c15-9-3-1-2-8(4-9)14-17-11(13(16)19)5-12(18-14)21-10-6-20-7-10/h1-5,10H,6-7H2,(H2,16,19). The lowest BCUT2D eigenvalue weighted by atomic mass is 10.2. The molecule has 1 fully saturated rings. The molecule has 0 unspecified atom stereocenters. The molecule has 7 heteroatoms. The molecule has 2 aromatic rings. The summed E-state index contributed by atoms with van der Waals surface area (Å²) in [4.78, 5) is 20.0. The van der Waals surface area contributed by atoms with Crippen molar-refractivity contribution in [2.24, 2.45) is 5.73 Å². The third kappa shape index (κ3) is 3.30. The zero-order valence-corrected chi connectivity index (χ0v) is 13.1. The van der Waals surface area contributed by atoms with Crippen LogP contribution < -0.4 is 10.5 Å². The number of halogens is 1. The lowest BCUT2D eigenvalue weighted by Crippen LogP contribution is -2.38. The molecule has 6 nitrogen and oxygen atoms in total. The molecular formula is C14H12IN3O3. The molecule has 3 rings (SSSR count). The van der Waals surface area contributed by atoms with E-state index in [0.29, 0.717) is 24.9 Å². The van der Waals surface area contributed by atoms with Gasteiger partial charge >= 0.3 is 0 Å². The molecule has 0 saturated carbocycles. The maximum absolute atomic E-state index is 11.4. The monoisotopic (exact) mass is 397 g/mol. The molecule has 108 valence electrons. The number of primary amides is 1. The van der Waals surface area contributed by atoms with E-state index in [1.54, 1.807) is 0 Å². The second-order valence-corrected chi connectivity index (χ2v) is 5.81. The van der Waals surface area contributed by atoms with Crippen molar-refractivity contribution < 1.29 is 14.3 Å². The number of carbonyl (C=O) groups excluding carboxylic acids is 1. The van der Waals surface area contributed by atoms with Gasteiger partial charge in [0, 0.05) is 15.2 Å². The lowest BCUT2D eigenvalue weighted by Gasteiger charge is -2.26. The summed E-state index contributed by atoms with van der Waals surface area (Å²) in [6.07, 6.45) is -0.0376. The van der Waals surface area contributed by atoms with Crippen LogP contribution in [-0.4, -0.2) is 35.2 Å². The van der Waals surface area contributed by atoms with Crippen LogP contribution in [0.3, 0.4) is 0 Å². The van der Waals surface area contributed by atoms with E-state index in [4.69, 9.17) is 15.2 Å². The summed E-state index contributed by atoms with van der Waals surface area (Å²) < 4.78 is 11.8. The fourth-order valence-electron chi connectivity index (χ4n) is 1.82. The minimum absolute atomic E-state index is 0.0376. The van der Waals surface area contributed by atoms with E-state index in [-0.39, 0.29) is 11.8 Å². The Labute approximate surface area is 134 Å². The molecule has 1 aliphatic rings. The van der Waals surface area contributed by atoms with E-state index < -0.39 is 5.91 Å². The van der Waals surface area contributed by atoms with Gasteiger partial charge < -0.3 is 15.2 Å². The van der Waals surface area contributed by atoms with Gasteiger partial charge in [-0.15, -0.1) is 0 Å². The zero-order chi connectivity index (χ0) is 14.8. The van der Waals surface area contributed by atoms with Gasteiger partial charge in [-0.2, -0.15) is 4.98 Å². The second kappa shape index (κ2) is 5.94. The predicted octanol–water partition coefficient (Wildman–Crippen LogP) is 1.62. The molecule has 0 atom stereocenters. The van der Waals surface area contributed by atoms with Crippen molar-refractivity contribution in [3.8, 4) is 17.3 Å². The maximum atomic E-state index is 11.4. The smallest absolute Gasteiger partial charge is 0.267 e. The van der Waals surface area contributed by atoms with Crippen molar-refractivity contribution in [2.75, 3.05) is 13.2 Å². The third-order valence-corrected chi connectivity index (χ3v) is 3.60. The number of aromatic nitrogens is 2. The summed E-state index contributed by atoms with van der Waals surface area (Å²) in [6.45, 7) is 1.04. The first-order valence-electron chi connectivity index (χ1n) is 6.31. The van der Waals surface area contributed by atoms with Crippen LogP contribution in [0.5, 0.6) is 5.88 Å². The van der Waals surface area contributed by atoms with Gasteiger partial charge in [0.2, 0.25) is 5.88 Å². The molecule has 0 radical (unpaired) electrons. The number of hydrogen-bond acceptors (Lipinski definition) is 5. The van der Waals surface area contributed by atoms with Gasteiger partial charge in [0.25, 0.3) is 5.91 Å². The van der Waals surface area contributed by atoms with Crippen molar-refractivity contribution in [2.45, 2.75) is 6.10 Å². The average molecular weight is 397 g/mol. The summed E-state index contributed by atoms with van der Waals surface area (Å²) in [7, 11) is 0. The molecule has 1 aromatic carbocycles. The van der Waals surface area contributed by atoms with E-state index in [1.165, 1.54) is 6.07 Å². The number of nitrogens with zero attached hydrogens (tertiary/aromatic N) is 2. The number of amides is 1. The SMILES string of the molecule is NC(=O)c1cc(OC2COC2)nc(-c2cccc(I)c2)n1. The first kappa shape index (κ1) is 14.2. The average Bonchev–Trinajstić information content (AvgIpc) is 2.42. The molecule has 0 aliphatic carbocycles. The normalized spacial score (nSPS) is 14.5. The third-order valence-electron chi connectivity index (χ3n) is 2.93. The van der Waals surface area contributed by atoms with Crippen LogP contribution in [0.4, 0.5) is 0 Å². The highest BCUT2D eigenvalue weighted by Gasteiger charge is 2.22. The van der Waals surface area contributed by atoms with Gasteiger partial charge in [-0.3, -0.25) is 4.79 Å². The molecule has 2 N–H and O–H groups in total. The number of benzene rings is 1. The van der Waals surface area contributed by atoms with Crippen molar-refractivity contribution in [3.05, 3.63) is 39.6 Å². The van der Waals surface area contributed by atoms with Gasteiger partial charge in [-0.05, 0) is 34.7 Å². The first-order chi connectivity index (χ1) is 10.1. The Bertz CT molecular complexity index is 689. The molecule has 1 aliphatic heterocycles. The van der Waals surface area contributed by atoms with Crippen molar-refractivity contribution >= 4 is 28.5 Å². The highest BCUT2D eigenvalue weighted by molar-refractivity contribution is 14.1. The second-order valence-electron chi connectivity index (χ2n) is 4.57. The van der Waals surface area contributed by atoms with Gasteiger partial charge in [-0.1, -0.05) is 12.1 Å². The van der Waals surface area contributed by atoms with Crippen molar-refractivity contribution in [1.29, 1.82) is 0 Å². The molecule has 1 aromatic heterocycles. The summed E-state index contributed by atoms with van der Waals surface area (Å²) in [5.41, 5.74) is 6.26. The molecular weight excluding hydrogens is 385 g/mol. The minimum Gasteiger partial charge on any atom is -0.469 e. The van der Waals surface area contributed by atoms with Crippen LogP contribution >= 0.6 is 22.6 Å². The molecule has 1 amide bonds. The van der Waals surface area contributed by atoms with Gasteiger partial charge in [0.15, 0.2) is 5.82 Å². The molecule has 1 saturated heterocycles. The summed E-state index contributed by atoms with van der Waals surface area (Å²) in [5, 5.41) is 0. The van der Waals surface area contributed by atoms with Crippen LogP contribution in [0, 0.1) is 3.57 Å². The Morgan fingerprint density at radius 3 is 2.76 bits per heavy atom. The summed E-state index contributed by atoms with van der Waals surface area (Å²) in [5.74, 6) is 0.139. The van der Waals surface area contributed by atoms with E-state index in [2.05, 4.69) is 32.6 Å². The van der Waals surface area contributed by atoms with E-state index >= 15 is 0 Å². The molecule has 0 spiro atoms. The molecule has 21 heavy (non-hydrogen) atoms. The predicted molar refractivity (Wildman–Crippen MR) is 83.9 cm³/mol. The van der Waals surface area contributed by atoms with Crippen molar-refractivity contribution in [3.63, 3.8) is 0 Å².